The van der Waals surface area contributed by atoms with Gasteiger partial charge < -0.3 is 16.8 Å². The number of nitrogens with two attached hydrogens (primary N) is 2. The molecule has 0 aromatic carbocycles. The minimum absolute atomic E-state index is 0.0320. The van der Waals surface area contributed by atoms with Gasteiger partial charge in [-0.2, -0.15) is 0 Å². The van der Waals surface area contributed by atoms with Gasteiger partial charge in [-0.25, -0.2) is 0 Å². The summed E-state index contributed by atoms with van der Waals surface area (Å²) in [4.78, 5) is 11.3. The number of carbonyl (C=O) groups is 1. The van der Waals surface area contributed by atoms with Gasteiger partial charge in [0, 0.05) is 6.54 Å². The second-order valence-electron chi connectivity index (χ2n) is 3.54. The standard InChI is InChI=1S/C10H23N3O/c1-2-3-6-9(12)10(14)13-8-5-4-7-11/h9H,2-8,11-12H2,1H3,(H,13,14). The van der Waals surface area contributed by atoms with Crippen LogP contribution in [0.3, 0.4) is 0 Å². The van der Waals surface area contributed by atoms with E-state index >= 15 is 0 Å². The molecule has 0 saturated heterocycles. The molecule has 1 unspecified atom stereocenters. The van der Waals surface area contributed by atoms with Crippen molar-refractivity contribution in [3.8, 4) is 0 Å². The first-order valence-electron chi connectivity index (χ1n) is 5.45. The molecule has 4 nitrogen and oxygen atoms in total. The summed E-state index contributed by atoms with van der Waals surface area (Å²) in [6.07, 6.45) is 4.75. The lowest BCUT2D eigenvalue weighted by Crippen LogP contribution is -2.40. The molecule has 0 aliphatic carbocycles. The molecule has 0 aromatic heterocycles. The molecule has 1 amide bonds. The SMILES string of the molecule is CCCCC(N)C(=O)NCCCCN. The maximum absolute atomic E-state index is 11.3. The van der Waals surface area contributed by atoms with Gasteiger partial charge in [-0.1, -0.05) is 19.8 Å². The van der Waals surface area contributed by atoms with Crippen molar-refractivity contribution in [2.75, 3.05) is 13.1 Å². The zero-order chi connectivity index (χ0) is 10.8. The van der Waals surface area contributed by atoms with Crippen LogP contribution in [0.15, 0.2) is 0 Å². The summed E-state index contributed by atoms with van der Waals surface area (Å²) < 4.78 is 0. The van der Waals surface area contributed by atoms with Crippen molar-refractivity contribution < 1.29 is 4.79 Å². The van der Waals surface area contributed by atoms with Crippen molar-refractivity contribution in [1.29, 1.82) is 0 Å². The van der Waals surface area contributed by atoms with E-state index in [1.807, 2.05) is 0 Å². The van der Waals surface area contributed by atoms with Crippen molar-refractivity contribution in [3.05, 3.63) is 0 Å². The van der Waals surface area contributed by atoms with Gasteiger partial charge in [0.1, 0.15) is 0 Å². The van der Waals surface area contributed by atoms with Crippen molar-refractivity contribution in [2.24, 2.45) is 11.5 Å². The summed E-state index contributed by atoms with van der Waals surface area (Å²) in [5, 5.41) is 2.81. The van der Waals surface area contributed by atoms with Crippen LogP contribution in [0.4, 0.5) is 0 Å². The van der Waals surface area contributed by atoms with E-state index in [-0.39, 0.29) is 11.9 Å². The summed E-state index contributed by atoms with van der Waals surface area (Å²) in [5.74, 6) is -0.0320. The Labute approximate surface area is 86.4 Å². The number of nitrogens with one attached hydrogen (secondary N) is 1. The van der Waals surface area contributed by atoms with E-state index in [1.54, 1.807) is 0 Å². The van der Waals surface area contributed by atoms with Crippen molar-refractivity contribution >= 4 is 5.91 Å². The highest BCUT2D eigenvalue weighted by atomic mass is 16.2. The molecule has 0 spiro atoms. The van der Waals surface area contributed by atoms with Crippen LogP contribution in [0.25, 0.3) is 0 Å². The Morgan fingerprint density at radius 3 is 2.64 bits per heavy atom. The molecule has 14 heavy (non-hydrogen) atoms. The molecular formula is C10H23N3O. The predicted octanol–water partition coefficient (Wildman–Crippen LogP) is 0.359. The van der Waals surface area contributed by atoms with Crippen LogP contribution in [0.2, 0.25) is 0 Å². The number of amides is 1. The molecule has 0 bridgehead atoms. The summed E-state index contributed by atoms with van der Waals surface area (Å²) in [5.41, 5.74) is 11.0. The highest BCUT2D eigenvalue weighted by Crippen LogP contribution is 1.97. The topological polar surface area (TPSA) is 81.1 Å². The lowest BCUT2D eigenvalue weighted by molar-refractivity contribution is -0.122. The molecule has 0 aliphatic heterocycles. The quantitative estimate of drug-likeness (QED) is 0.496. The average Bonchev–Trinajstić information content (AvgIpc) is 2.20. The third kappa shape index (κ3) is 6.86. The predicted molar refractivity (Wildman–Crippen MR) is 58.8 cm³/mol. The molecule has 5 N–H and O–H groups in total. The zero-order valence-electron chi connectivity index (χ0n) is 9.09. The van der Waals surface area contributed by atoms with Crippen molar-refractivity contribution in [1.82, 2.24) is 5.32 Å². The van der Waals surface area contributed by atoms with Gasteiger partial charge in [-0.15, -0.1) is 0 Å². The second-order valence-corrected chi connectivity index (χ2v) is 3.54. The Balaban J connectivity index is 3.42. The average molecular weight is 201 g/mol. The van der Waals surface area contributed by atoms with Gasteiger partial charge in [-0.05, 0) is 25.8 Å². The monoisotopic (exact) mass is 201 g/mol. The maximum atomic E-state index is 11.3. The van der Waals surface area contributed by atoms with E-state index in [2.05, 4.69) is 12.2 Å². The van der Waals surface area contributed by atoms with E-state index in [0.717, 1.165) is 32.1 Å². The number of carbonyl (C=O) groups excluding carboxylic acids is 1. The minimum Gasteiger partial charge on any atom is -0.355 e. The smallest absolute Gasteiger partial charge is 0.236 e. The van der Waals surface area contributed by atoms with Crippen LogP contribution in [0.5, 0.6) is 0 Å². The summed E-state index contributed by atoms with van der Waals surface area (Å²) in [6, 6.07) is -0.340. The normalized spacial score (nSPS) is 12.5. The van der Waals surface area contributed by atoms with E-state index in [0.29, 0.717) is 13.1 Å². The first-order valence-corrected chi connectivity index (χ1v) is 5.45. The minimum atomic E-state index is -0.340. The van der Waals surface area contributed by atoms with Crippen molar-refractivity contribution in [2.45, 2.75) is 45.1 Å². The Hall–Kier alpha value is -0.610. The highest BCUT2D eigenvalue weighted by molar-refractivity contribution is 5.81. The molecule has 0 saturated carbocycles. The highest BCUT2D eigenvalue weighted by Gasteiger charge is 2.10. The Bertz CT molecular complexity index is 150. The maximum Gasteiger partial charge on any atom is 0.236 e. The summed E-state index contributed by atoms with van der Waals surface area (Å²) in [7, 11) is 0. The first kappa shape index (κ1) is 13.4. The van der Waals surface area contributed by atoms with E-state index < -0.39 is 0 Å². The van der Waals surface area contributed by atoms with Gasteiger partial charge in [0.25, 0.3) is 0 Å². The van der Waals surface area contributed by atoms with E-state index in [9.17, 15) is 4.79 Å². The van der Waals surface area contributed by atoms with Crippen molar-refractivity contribution in [3.63, 3.8) is 0 Å². The van der Waals surface area contributed by atoms with Crippen LogP contribution in [0.1, 0.15) is 39.0 Å². The second kappa shape index (κ2) is 8.97. The number of hydrogen-bond acceptors (Lipinski definition) is 3. The number of rotatable bonds is 8. The summed E-state index contributed by atoms with van der Waals surface area (Å²) in [6.45, 7) is 3.46. The van der Waals surface area contributed by atoms with Crippen LogP contribution in [0, 0.1) is 0 Å². The van der Waals surface area contributed by atoms with Gasteiger partial charge in [0.2, 0.25) is 5.91 Å². The van der Waals surface area contributed by atoms with Gasteiger partial charge >= 0.3 is 0 Å². The molecule has 84 valence electrons. The molecule has 0 aromatic rings. The lowest BCUT2D eigenvalue weighted by Gasteiger charge is -2.11. The Morgan fingerprint density at radius 2 is 2.07 bits per heavy atom. The van der Waals surface area contributed by atoms with E-state index in [4.69, 9.17) is 11.5 Å². The molecular weight excluding hydrogens is 178 g/mol. The molecule has 0 fully saturated rings. The molecule has 0 radical (unpaired) electrons. The largest absolute Gasteiger partial charge is 0.355 e. The zero-order valence-corrected chi connectivity index (χ0v) is 9.09. The lowest BCUT2D eigenvalue weighted by atomic mass is 10.1. The summed E-state index contributed by atoms with van der Waals surface area (Å²) >= 11 is 0. The number of hydrogen-bond donors (Lipinski definition) is 3. The molecule has 0 aliphatic rings. The van der Waals surface area contributed by atoms with E-state index in [1.165, 1.54) is 0 Å². The Kier molecular flexibility index (Phi) is 8.57. The van der Waals surface area contributed by atoms with Gasteiger partial charge in [0.05, 0.1) is 6.04 Å². The molecule has 1 atom stereocenters. The van der Waals surface area contributed by atoms with Crippen LogP contribution >= 0.6 is 0 Å². The molecule has 4 heteroatoms. The molecule has 0 heterocycles. The van der Waals surface area contributed by atoms with Gasteiger partial charge in [0.15, 0.2) is 0 Å². The van der Waals surface area contributed by atoms with Crippen LogP contribution < -0.4 is 16.8 Å². The fourth-order valence-corrected chi connectivity index (χ4v) is 1.17. The van der Waals surface area contributed by atoms with Crippen LogP contribution in [-0.2, 0) is 4.79 Å². The fraction of sp³-hybridized carbons (Fsp3) is 0.900. The third-order valence-electron chi connectivity index (χ3n) is 2.14. The molecule has 0 rings (SSSR count). The third-order valence-corrected chi connectivity index (χ3v) is 2.14. The first-order chi connectivity index (χ1) is 6.72. The van der Waals surface area contributed by atoms with Crippen LogP contribution in [-0.4, -0.2) is 25.0 Å². The number of unbranched alkanes of at least 4 members (excludes halogenated alkanes) is 2. The Morgan fingerprint density at radius 1 is 1.36 bits per heavy atom. The fourth-order valence-electron chi connectivity index (χ4n) is 1.17. The van der Waals surface area contributed by atoms with Gasteiger partial charge in [-0.3, -0.25) is 4.79 Å².